The summed E-state index contributed by atoms with van der Waals surface area (Å²) in [6, 6.07) is 8.79. The Morgan fingerprint density at radius 3 is 2.57 bits per heavy atom. The van der Waals surface area contributed by atoms with E-state index >= 15 is 0 Å². The Balaban J connectivity index is 2.00. The van der Waals surface area contributed by atoms with Crippen molar-refractivity contribution in [1.82, 2.24) is 4.90 Å². The smallest absolute Gasteiger partial charge is 0.410 e. The minimum absolute atomic E-state index is 0.0378. The van der Waals surface area contributed by atoms with Gasteiger partial charge in [0.1, 0.15) is 6.61 Å². The van der Waals surface area contributed by atoms with Crippen LogP contribution in [0.15, 0.2) is 30.3 Å². The number of hydrogen-bond acceptors (Lipinski definition) is 4. The number of likely N-dealkylation sites (tertiary alicyclic amines) is 1. The van der Waals surface area contributed by atoms with E-state index < -0.39 is 36.6 Å². The van der Waals surface area contributed by atoms with Gasteiger partial charge in [-0.25, -0.2) is 9.59 Å². The molecule has 2 N–H and O–H groups in total. The fourth-order valence-electron chi connectivity index (χ4n) is 2.46. The maximum absolute atomic E-state index is 13.7. The van der Waals surface area contributed by atoms with Gasteiger partial charge in [0.15, 0.2) is 5.60 Å². The van der Waals surface area contributed by atoms with Crippen molar-refractivity contribution >= 4 is 12.1 Å². The highest BCUT2D eigenvalue weighted by atomic mass is 19.3. The number of hydrogen-bond donors (Lipinski definition) is 2. The van der Waals surface area contributed by atoms with Crippen LogP contribution in [0.1, 0.15) is 18.4 Å². The SMILES string of the molecule is O=C(OCc1ccccc1)N1CCCC(O)(C(F)(F)C(=O)O)C1. The Bertz CT molecular complexity index is 580. The molecule has 1 aliphatic heterocycles. The normalized spacial score (nSPS) is 21.8. The number of carbonyl (C=O) groups is 2. The van der Waals surface area contributed by atoms with Crippen LogP contribution in [0.4, 0.5) is 13.6 Å². The number of rotatable bonds is 4. The molecule has 1 aliphatic rings. The second-order valence-electron chi connectivity index (χ2n) is 5.48. The predicted molar refractivity (Wildman–Crippen MR) is 75.0 cm³/mol. The van der Waals surface area contributed by atoms with E-state index in [9.17, 15) is 23.5 Å². The fourth-order valence-corrected chi connectivity index (χ4v) is 2.46. The number of ether oxygens (including phenoxy) is 1. The van der Waals surface area contributed by atoms with Gasteiger partial charge >= 0.3 is 18.0 Å². The molecule has 1 heterocycles. The highest BCUT2D eigenvalue weighted by Crippen LogP contribution is 2.36. The van der Waals surface area contributed by atoms with Crippen LogP contribution in [0.2, 0.25) is 0 Å². The molecule has 0 radical (unpaired) electrons. The van der Waals surface area contributed by atoms with Crippen LogP contribution in [0.3, 0.4) is 0 Å². The van der Waals surface area contributed by atoms with Gasteiger partial charge in [-0.05, 0) is 18.4 Å². The number of carboxylic acids is 1. The number of amides is 1. The third kappa shape index (κ3) is 3.58. The van der Waals surface area contributed by atoms with Crippen molar-refractivity contribution in [2.75, 3.05) is 13.1 Å². The lowest BCUT2D eigenvalue weighted by Gasteiger charge is -2.41. The summed E-state index contributed by atoms with van der Waals surface area (Å²) >= 11 is 0. The lowest BCUT2D eigenvalue weighted by Crippen LogP contribution is -2.62. The molecule has 1 fully saturated rings. The summed E-state index contributed by atoms with van der Waals surface area (Å²) in [5, 5.41) is 18.6. The minimum atomic E-state index is -4.34. The monoisotopic (exact) mass is 329 g/mol. The summed E-state index contributed by atoms with van der Waals surface area (Å²) < 4.78 is 32.4. The van der Waals surface area contributed by atoms with Crippen molar-refractivity contribution in [3.8, 4) is 0 Å². The Kier molecular flexibility index (Phi) is 4.84. The van der Waals surface area contributed by atoms with Gasteiger partial charge in [-0.2, -0.15) is 8.78 Å². The molecule has 23 heavy (non-hydrogen) atoms. The standard InChI is InChI=1S/C15H17F2NO5/c16-15(17,12(19)20)14(22)7-4-8-18(10-14)13(21)23-9-11-5-2-1-3-6-11/h1-3,5-6,22H,4,7-10H2,(H,19,20). The van der Waals surface area contributed by atoms with Gasteiger partial charge < -0.3 is 19.8 Å². The van der Waals surface area contributed by atoms with Crippen LogP contribution in [-0.2, 0) is 16.1 Å². The number of carbonyl (C=O) groups excluding carboxylic acids is 1. The first-order chi connectivity index (χ1) is 10.8. The lowest BCUT2D eigenvalue weighted by atomic mass is 9.86. The summed E-state index contributed by atoms with van der Waals surface area (Å²) in [4.78, 5) is 23.5. The largest absolute Gasteiger partial charge is 0.477 e. The first kappa shape index (κ1) is 17.1. The molecule has 1 atom stereocenters. The van der Waals surface area contributed by atoms with Crippen molar-refractivity contribution in [2.45, 2.75) is 31.0 Å². The summed E-state index contributed by atoms with van der Waals surface area (Å²) in [7, 11) is 0. The van der Waals surface area contributed by atoms with Crippen LogP contribution < -0.4 is 0 Å². The molecule has 1 unspecified atom stereocenters. The van der Waals surface area contributed by atoms with Crippen molar-refractivity contribution in [1.29, 1.82) is 0 Å². The number of piperidine rings is 1. The van der Waals surface area contributed by atoms with Gasteiger partial charge in [-0.15, -0.1) is 0 Å². The molecule has 0 spiro atoms. The van der Waals surface area contributed by atoms with E-state index in [0.29, 0.717) is 0 Å². The molecule has 0 aliphatic carbocycles. The highest BCUT2D eigenvalue weighted by Gasteiger charge is 2.60. The zero-order valence-corrected chi connectivity index (χ0v) is 12.2. The average molecular weight is 329 g/mol. The third-order valence-electron chi connectivity index (χ3n) is 3.79. The topological polar surface area (TPSA) is 87.1 Å². The molecule has 2 rings (SSSR count). The number of benzene rings is 1. The number of carboxylic acid groups (broad SMARTS) is 1. The van der Waals surface area contributed by atoms with Gasteiger partial charge in [0.2, 0.25) is 0 Å². The number of β-amino-alcohol motifs (C(OH)–C–C–N with tert-alkyl or cyclic N) is 1. The second kappa shape index (κ2) is 6.49. The van der Waals surface area contributed by atoms with E-state index in [1.807, 2.05) is 0 Å². The molecule has 1 amide bonds. The summed E-state index contributed by atoms with van der Waals surface area (Å²) in [6.07, 6.45) is -1.22. The molecule has 8 heteroatoms. The van der Waals surface area contributed by atoms with E-state index in [4.69, 9.17) is 9.84 Å². The van der Waals surface area contributed by atoms with E-state index in [2.05, 4.69) is 0 Å². The van der Waals surface area contributed by atoms with Crippen LogP contribution >= 0.6 is 0 Å². The molecule has 6 nitrogen and oxygen atoms in total. The van der Waals surface area contributed by atoms with Crippen LogP contribution in [0, 0.1) is 0 Å². The first-order valence-corrected chi connectivity index (χ1v) is 7.05. The molecule has 0 aromatic heterocycles. The maximum Gasteiger partial charge on any atom is 0.410 e. The van der Waals surface area contributed by atoms with Gasteiger partial charge in [0, 0.05) is 6.54 Å². The van der Waals surface area contributed by atoms with Crippen molar-refractivity contribution in [3.05, 3.63) is 35.9 Å². The first-order valence-electron chi connectivity index (χ1n) is 7.05. The second-order valence-corrected chi connectivity index (χ2v) is 5.48. The number of aliphatic carboxylic acids is 1. The van der Waals surface area contributed by atoms with E-state index in [1.54, 1.807) is 30.3 Å². The Morgan fingerprint density at radius 2 is 1.96 bits per heavy atom. The number of halogens is 2. The molecule has 1 saturated heterocycles. The zero-order chi connectivity index (χ0) is 17.1. The molecular weight excluding hydrogens is 312 g/mol. The fraction of sp³-hybridized carbons (Fsp3) is 0.467. The van der Waals surface area contributed by atoms with E-state index in [0.717, 1.165) is 10.5 Å². The highest BCUT2D eigenvalue weighted by molar-refractivity contribution is 5.77. The minimum Gasteiger partial charge on any atom is -0.477 e. The van der Waals surface area contributed by atoms with E-state index in [-0.39, 0.29) is 19.6 Å². The molecule has 1 aromatic rings. The van der Waals surface area contributed by atoms with Gasteiger partial charge in [-0.3, -0.25) is 0 Å². The summed E-state index contributed by atoms with van der Waals surface area (Å²) in [5.41, 5.74) is -2.08. The Hall–Kier alpha value is -2.22. The Morgan fingerprint density at radius 1 is 1.30 bits per heavy atom. The average Bonchev–Trinajstić information content (AvgIpc) is 2.53. The number of aliphatic hydroxyl groups is 1. The number of alkyl halides is 2. The van der Waals surface area contributed by atoms with Crippen molar-refractivity contribution < 1.29 is 33.3 Å². The summed E-state index contributed by atoms with van der Waals surface area (Å²) in [6.45, 7) is -0.713. The number of nitrogens with zero attached hydrogens (tertiary/aromatic N) is 1. The van der Waals surface area contributed by atoms with Crippen LogP contribution in [0.25, 0.3) is 0 Å². The van der Waals surface area contributed by atoms with E-state index in [1.165, 1.54) is 0 Å². The zero-order valence-electron chi connectivity index (χ0n) is 12.2. The molecule has 0 saturated carbocycles. The molecule has 126 valence electrons. The molecule has 1 aromatic carbocycles. The quantitative estimate of drug-likeness (QED) is 0.880. The predicted octanol–water partition coefficient (Wildman–Crippen LogP) is 1.87. The Labute approximate surface area is 131 Å². The van der Waals surface area contributed by atoms with Gasteiger partial charge in [0.05, 0.1) is 6.54 Å². The van der Waals surface area contributed by atoms with Crippen molar-refractivity contribution in [2.24, 2.45) is 0 Å². The van der Waals surface area contributed by atoms with Crippen LogP contribution in [0.5, 0.6) is 0 Å². The van der Waals surface area contributed by atoms with Crippen LogP contribution in [-0.4, -0.2) is 51.8 Å². The molecule has 0 bridgehead atoms. The van der Waals surface area contributed by atoms with Crippen molar-refractivity contribution in [3.63, 3.8) is 0 Å². The third-order valence-corrected chi connectivity index (χ3v) is 3.79. The summed E-state index contributed by atoms with van der Waals surface area (Å²) in [5.74, 6) is -6.76. The lowest BCUT2D eigenvalue weighted by molar-refractivity contribution is -0.218. The molecular formula is C15H17F2NO5. The van der Waals surface area contributed by atoms with Gasteiger partial charge in [0.25, 0.3) is 0 Å². The maximum atomic E-state index is 13.7. The van der Waals surface area contributed by atoms with Gasteiger partial charge in [-0.1, -0.05) is 30.3 Å².